The van der Waals surface area contributed by atoms with Crippen molar-refractivity contribution in [2.75, 3.05) is 25.1 Å². The highest BCUT2D eigenvalue weighted by Crippen LogP contribution is 2.32. The molecule has 172 valence electrons. The number of hydrogen-bond acceptors (Lipinski definition) is 7. The summed E-state index contributed by atoms with van der Waals surface area (Å²) >= 11 is 5.87. The number of benzene rings is 2. The van der Waals surface area contributed by atoms with Crippen molar-refractivity contribution in [3.05, 3.63) is 47.5 Å². The summed E-state index contributed by atoms with van der Waals surface area (Å²) in [6.45, 7) is 3.42. The minimum atomic E-state index is -4.08. The molecule has 2 aromatic carbocycles. The van der Waals surface area contributed by atoms with E-state index in [2.05, 4.69) is 10.0 Å². The van der Waals surface area contributed by atoms with E-state index in [1.54, 1.807) is 38.1 Å². The Balaban J connectivity index is 1.64. The molecule has 0 fully saturated rings. The van der Waals surface area contributed by atoms with Crippen LogP contribution in [0.25, 0.3) is 0 Å². The van der Waals surface area contributed by atoms with Crippen molar-refractivity contribution < 1.29 is 32.2 Å². The number of amides is 1. The van der Waals surface area contributed by atoms with Gasteiger partial charge in [-0.05, 0) is 36.2 Å². The van der Waals surface area contributed by atoms with Gasteiger partial charge in [0.05, 0.1) is 4.90 Å². The van der Waals surface area contributed by atoms with Gasteiger partial charge in [-0.25, -0.2) is 8.42 Å². The van der Waals surface area contributed by atoms with Gasteiger partial charge in [0.25, 0.3) is 5.91 Å². The molecule has 0 saturated heterocycles. The predicted molar refractivity (Wildman–Crippen MR) is 117 cm³/mol. The van der Waals surface area contributed by atoms with Crippen LogP contribution in [0, 0.1) is 5.92 Å². The molecule has 0 aliphatic carbocycles. The molecule has 0 unspecified atom stereocenters. The number of anilines is 1. The number of halogens is 1. The highest BCUT2D eigenvalue weighted by atomic mass is 35.5. The van der Waals surface area contributed by atoms with E-state index in [4.69, 9.17) is 25.8 Å². The SMILES string of the molecule is CC(C)[C@@H](NS(=O)(=O)c1ccc2c(c1)OCCO2)C(=O)OCC(=O)Nc1cccc(Cl)c1. The number of sulfonamides is 1. The summed E-state index contributed by atoms with van der Waals surface area (Å²) in [4.78, 5) is 24.5. The van der Waals surface area contributed by atoms with E-state index in [-0.39, 0.29) is 4.90 Å². The molecule has 1 heterocycles. The molecule has 0 saturated carbocycles. The van der Waals surface area contributed by atoms with E-state index in [1.807, 2.05) is 0 Å². The molecule has 0 bridgehead atoms. The molecular formula is C21H23ClN2O7S. The van der Waals surface area contributed by atoms with Gasteiger partial charge < -0.3 is 19.5 Å². The maximum absolute atomic E-state index is 12.8. The fourth-order valence-electron chi connectivity index (χ4n) is 2.87. The molecule has 3 rings (SSSR count). The summed E-state index contributed by atoms with van der Waals surface area (Å²) in [5, 5.41) is 2.98. The van der Waals surface area contributed by atoms with Crippen LogP contribution in [0.1, 0.15) is 13.8 Å². The second-order valence-electron chi connectivity index (χ2n) is 7.31. The molecule has 9 nitrogen and oxygen atoms in total. The van der Waals surface area contributed by atoms with Gasteiger partial charge >= 0.3 is 5.97 Å². The second kappa shape index (κ2) is 10.2. The normalized spacial score (nSPS) is 14.0. The number of ether oxygens (including phenoxy) is 3. The number of esters is 1. The number of nitrogens with one attached hydrogen (secondary N) is 2. The van der Waals surface area contributed by atoms with Crippen molar-refractivity contribution >= 4 is 39.2 Å². The lowest BCUT2D eigenvalue weighted by molar-refractivity contribution is -0.150. The van der Waals surface area contributed by atoms with Crippen LogP contribution in [0.3, 0.4) is 0 Å². The summed E-state index contributed by atoms with van der Waals surface area (Å²) in [5.41, 5.74) is 0.443. The van der Waals surface area contributed by atoms with Crippen LogP contribution >= 0.6 is 11.6 Å². The summed E-state index contributed by atoms with van der Waals surface area (Å²) < 4.78 is 43.9. The maximum atomic E-state index is 12.8. The standard InChI is InChI=1S/C21H23ClN2O7S/c1-13(2)20(21(26)31-12-19(25)23-15-5-3-4-14(22)10-15)24-32(27,28)16-6-7-17-18(11-16)30-9-8-29-17/h3-7,10-11,13,20,24H,8-9,12H2,1-2H3,(H,23,25)/t20-/m1/s1. The Morgan fingerprint density at radius 1 is 1.09 bits per heavy atom. The largest absolute Gasteiger partial charge is 0.486 e. The van der Waals surface area contributed by atoms with Crippen molar-refractivity contribution in [3.8, 4) is 11.5 Å². The third kappa shape index (κ3) is 6.12. The average Bonchev–Trinajstić information content (AvgIpc) is 2.75. The van der Waals surface area contributed by atoms with Gasteiger partial charge in [0.2, 0.25) is 10.0 Å². The van der Waals surface area contributed by atoms with E-state index >= 15 is 0 Å². The fraction of sp³-hybridized carbons (Fsp3) is 0.333. The van der Waals surface area contributed by atoms with E-state index in [0.717, 1.165) is 0 Å². The van der Waals surface area contributed by atoms with Crippen LogP contribution in [-0.4, -0.2) is 46.2 Å². The molecule has 1 aliphatic rings. The smallest absolute Gasteiger partial charge is 0.324 e. The zero-order chi connectivity index (χ0) is 23.3. The van der Waals surface area contributed by atoms with Gasteiger partial charge in [-0.3, -0.25) is 9.59 Å². The van der Waals surface area contributed by atoms with E-state index in [0.29, 0.717) is 35.4 Å². The Hall–Kier alpha value is -2.82. The topological polar surface area (TPSA) is 120 Å². The first-order chi connectivity index (χ1) is 15.2. The lowest BCUT2D eigenvalue weighted by Crippen LogP contribution is -2.45. The summed E-state index contributed by atoms with van der Waals surface area (Å²) in [6.07, 6.45) is 0. The Morgan fingerprint density at radius 2 is 1.81 bits per heavy atom. The zero-order valence-electron chi connectivity index (χ0n) is 17.5. The summed E-state index contributed by atoms with van der Waals surface area (Å²) in [7, 11) is -4.08. The van der Waals surface area contributed by atoms with Crippen LogP contribution in [-0.2, 0) is 24.3 Å². The Morgan fingerprint density at radius 3 is 2.50 bits per heavy atom. The third-order valence-electron chi connectivity index (χ3n) is 4.48. The molecule has 0 aromatic heterocycles. The lowest BCUT2D eigenvalue weighted by Gasteiger charge is -2.22. The quantitative estimate of drug-likeness (QED) is 0.555. The van der Waals surface area contributed by atoms with Crippen LogP contribution in [0.5, 0.6) is 11.5 Å². The first-order valence-corrected chi connectivity index (χ1v) is 11.7. The highest BCUT2D eigenvalue weighted by Gasteiger charge is 2.31. The first-order valence-electron chi connectivity index (χ1n) is 9.80. The monoisotopic (exact) mass is 482 g/mol. The first kappa shape index (κ1) is 23.8. The fourth-order valence-corrected chi connectivity index (χ4v) is 4.41. The van der Waals surface area contributed by atoms with Gasteiger partial charge in [0.1, 0.15) is 19.3 Å². The molecule has 32 heavy (non-hydrogen) atoms. The Bertz CT molecular complexity index is 1110. The van der Waals surface area contributed by atoms with Crippen LogP contribution in [0.4, 0.5) is 5.69 Å². The zero-order valence-corrected chi connectivity index (χ0v) is 19.0. The predicted octanol–water partition coefficient (Wildman–Crippen LogP) is 2.60. The van der Waals surface area contributed by atoms with Crippen molar-refractivity contribution in [2.24, 2.45) is 5.92 Å². The average molecular weight is 483 g/mol. The second-order valence-corrected chi connectivity index (χ2v) is 9.47. The van der Waals surface area contributed by atoms with Crippen LogP contribution in [0.15, 0.2) is 47.4 Å². The van der Waals surface area contributed by atoms with Crippen LogP contribution < -0.4 is 19.5 Å². The molecule has 11 heteroatoms. The molecular weight excluding hydrogens is 460 g/mol. The highest BCUT2D eigenvalue weighted by molar-refractivity contribution is 7.89. The van der Waals surface area contributed by atoms with Gasteiger partial charge in [0, 0.05) is 16.8 Å². The molecule has 1 atom stereocenters. The minimum absolute atomic E-state index is 0.0844. The minimum Gasteiger partial charge on any atom is -0.486 e. The number of carbonyl (C=O) groups excluding carboxylic acids is 2. The third-order valence-corrected chi connectivity index (χ3v) is 6.15. The van der Waals surface area contributed by atoms with Crippen molar-refractivity contribution in [1.82, 2.24) is 4.72 Å². The van der Waals surface area contributed by atoms with Gasteiger partial charge in [-0.1, -0.05) is 31.5 Å². The molecule has 1 aliphatic heterocycles. The Labute approximate surface area is 191 Å². The summed E-state index contributed by atoms with van der Waals surface area (Å²) in [5.74, 6) is -1.15. The molecule has 2 N–H and O–H groups in total. The lowest BCUT2D eigenvalue weighted by atomic mass is 10.1. The Kier molecular flexibility index (Phi) is 7.60. The van der Waals surface area contributed by atoms with E-state index in [9.17, 15) is 18.0 Å². The summed E-state index contributed by atoms with van der Waals surface area (Å²) in [6, 6.07) is 9.46. The number of carbonyl (C=O) groups is 2. The van der Waals surface area contributed by atoms with Gasteiger partial charge in [-0.2, -0.15) is 4.72 Å². The van der Waals surface area contributed by atoms with Crippen LogP contribution in [0.2, 0.25) is 5.02 Å². The molecule has 1 amide bonds. The molecule has 0 spiro atoms. The number of fused-ring (bicyclic) bond motifs is 1. The maximum Gasteiger partial charge on any atom is 0.324 e. The number of hydrogen-bond donors (Lipinski definition) is 2. The van der Waals surface area contributed by atoms with Crippen molar-refractivity contribution in [1.29, 1.82) is 0 Å². The van der Waals surface area contributed by atoms with Crippen molar-refractivity contribution in [3.63, 3.8) is 0 Å². The molecule has 0 radical (unpaired) electrons. The van der Waals surface area contributed by atoms with Crippen molar-refractivity contribution in [2.45, 2.75) is 24.8 Å². The number of rotatable bonds is 8. The van der Waals surface area contributed by atoms with E-state index in [1.165, 1.54) is 18.2 Å². The van der Waals surface area contributed by atoms with Gasteiger partial charge in [0.15, 0.2) is 18.1 Å². The van der Waals surface area contributed by atoms with Gasteiger partial charge in [-0.15, -0.1) is 0 Å². The van der Waals surface area contributed by atoms with E-state index < -0.39 is 40.5 Å². The molecule has 2 aromatic rings.